The van der Waals surface area contributed by atoms with E-state index < -0.39 is 0 Å². The fourth-order valence-electron chi connectivity index (χ4n) is 2.63. The Balaban J connectivity index is -0.000000258. The zero-order valence-corrected chi connectivity index (χ0v) is 13.8. The van der Waals surface area contributed by atoms with Crippen LogP contribution in [0.3, 0.4) is 0 Å². The first kappa shape index (κ1) is 23.9. The Morgan fingerprint density at radius 2 is 1.16 bits per heavy atom. The Kier molecular flexibility index (Phi) is 20.0. The highest BCUT2D eigenvalue weighted by atomic mass is 16.0. The second-order valence-corrected chi connectivity index (χ2v) is 5.35. The molecule has 0 bridgehead atoms. The SMILES string of the molecule is CC[NH+](C)C1CCCCC1.CC[NH+](CC)CC.[OH-].[OH-]. The Bertz CT molecular complexity index is 153. The molecule has 0 aromatic heterocycles. The molecule has 0 saturated heterocycles. The lowest BCUT2D eigenvalue weighted by Gasteiger charge is -2.27. The molecule has 0 aromatic carbocycles. The van der Waals surface area contributed by atoms with Crippen LogP contribution in [0, 0.1) is 0 Å². The first-order chi connectivity index (χ1) is 8.19. The molecule has 1 rings (SSSR count). The van der Waals surface area contributed by atoms with Crippen LogP contribution >= 0.6 is 0 Å². The minimum absolute atomic E-state index is 0. The summed E-state index contributed by atoms with van der Waals surface area (Å²) in [5.41, 5.74) is 0. The standard InChI is InChI=1S/C9H19N.C6H15N.2H2O/c1-3-10(2)9-7-5-4-6-8-9;1-4-7(5-2)6-3;;/h9H,3-8H2,1-2H3;4-6H2,1-3H3;2*1H2. The molecule has 4 N–H and O–H groups in total. The van der Waals surface area contributed by atoms with E-state index in [1.165, 1.54) is 58.3 Å². The molecule has 0 amide bonds. The molecular weight excluding hydrogens is 240 g/mol. The molecule has 1 fully saturated rings. The van der Waals surface area contributed by atoms with Crippen LogP contribution in [0.4, 0.5) is 0 Å². The van der Waals surface area contributed by atoms with Gasteiger partial charge in [-0.15, -0.1) is 0 Å². The molecule has 4 nitrogen and oxygen atoms in total. The van der Waals surface area contributed by atoms with Gasteiger partial charge in [0, 0.05) is 0 Å². The maximum Gasteiger partial charge on any atom is 0.0872 e. The zero-order chi connectivity index (χ0) is 13.1. The van der Waals surface area contributed by atoms with E-state index in [1.807, 2.05) is 0 Å². The highest BCUT2D eigenvalue weighted by Crippen LogP contribution is 2.14. The molecule has 0 spiro atoms. The van der Waals surface area contributed by atoms with Crippen molar-refractivity contribution in [2.45, 2.75) is 65.8 Å². The summed E-state index contributed by atoms with van der Waals surface area (Å²) in [6.07, 6.45) is 7.37. The van der Waals surface area contributed by atoms with E-state index in [1.54, 1.807) is 9.80 Å². The van der Waals surface area contributed by atoms with Crippen molar-refractivity contribution in [2.75, 3.05) is 33.2 Å². The zero-order valence-electron chi connectivity index (χ0n) is 13.8. The van der Waals surface area contributed by atoms with Gasteiger partial charge in [0.05, 0.1) is 39.3 Å². The number of quaternary nitrogens is 2. The van der Waals surface area contributed by atoms with Crippen LogP contribution < -0.4 is 9.80 Å². The van der Waals surface area contributed by atoms with Gasteiger partial charge in [-0.1, -0.05) is 6.42 Å². The molecule has 1 unspecified atom stereocenters. The first-order valence-corrected chi connectivity index (χ1v) is 7.85. The predicted molar refractivity (Wildman–Crippen MR) is 80.8 cm³/mol. The molecule has 1 aliphatic rings. The van der Waals surface area contributed by atoms with E-state index >= 15 is 0 Å². The van der Waals surface area contributed by atoms with Gasteiger partial charge in [0.15, 0.2) is 0 Å². The van der Waals surface area contributed by atoms with Gasteiger partial charge >= 0.3 is 0 Å². The summed E-state index contributed by atoms with van der Waals surface area (Å²) < 4.78 is 0. The van der Waals surface area contributed by atoms with E-state index in [4.69, 9.17) is 0 Å². The lowest BCUT2D eigenvalue weighted by Crippen LogP contribution is -3.12. The lowest BCUT2D eigenvalue weighted by molar-refractivity contribution is -0.905. The van der Waals surface area contributed by atoms with E-state index in [0.29, 0.717) is 0 Å². The van der Waals surface area contributed by atoms with E-state index in [2.05, 4.69) is 34.7 Å². The Labute approximate surface area is 120 Å². The van der Waals surface area contributed by atoms with Gasteiger partial charge in [-0.3, -0.25) is 0 Å². The van der Waals surface area contributed by atoms with E-state index in [-0.39, 0.29) is 11.0 Å². The maximum atomic E-state index is 2.33. The molecule has 1 aliphatic carbocycles. The largest absolute Gasteiger partial charge is 0.870 e. The van der Waals surface area contributed by atoms with Crippen molar-refractivity contribution in [1.29, 1.82) is 0 Å². The minimum Gasteiger partial charge on any atom is -0.870 e. The lowest BCUT2D eigenvalue weighted by atomic mass is 9.95. The van der Waals surface area contributed by atoms with E-state index in [0.717, 1.165) is 6.04 Å². The van der Waals surface area contributed by atoms with Gasteiger partial charge in [0.1, 0.15) is 0 Å². The third kappa shape index (κ3) is 11.4. The van der Waals surface area contributed by atoms with Crippen LogP contribution in [-0.4, -0.2) is 50.2 Å². The number of rotatable bonds is 5. The molecule has 1 atom stereocenters. The van der Waals surface area contributed by atoms with Crippen LogP contribution in [0.1, 0.15) is 59.8 Å². The summed E-state index contributed by atoms with van der Waals surface area (Å²) in [4.78, 5) is 3.42. The number of hydrogen-bond donors (Lipinski definition) is 2. The molecule has 0 aromatic rings. The summed E-state index contributed by atoms with van der Waals surface area (Å²) in [5, 5.41) is 0. The van der Waals surface area contributed by atoms with Gasteiger partial charge in [0.25, 0.3) is 0 Å². The van der Waals surface area contributed by atoms with Gasteiger partial charge in [0.2, 0.25) is 0 Å². The second-order valence-electron chi connectivity index (χ2n) is 5.35. The van der Waals surface area contributed by atoms with Crippen molar-refractivity contribution in [3.63, 3.8) is 0 Å². The molecular formula is C15H38N2O2. The average molecular weight is 278 g/mol. The fourth-order valence-corrected chi connectivity index (χ4v) is 2.63. The van der Waals surface area contributed by atoms with Gasteiger partial charge in [-0.25, -0.2) is 0 Å². The summed E-state index contributed by atoms with van der Waals surface area (Å²) in [5.74, 6) is 0. The van der Waals surface area contributed by atoms with Crippen molar-refractivity contribution in [3.05, 3.63) is 0 Å². The molecule has 0 heterocycles. The summed E-state index contributed by atoms with van der Waals surface area (Å²) >= 11 is 0. The monoisotopic (exact) mass is 278 g/mol. The molecule has 120 valence electrons. The molecule has 0 aliphatic heterocycles. The topological polar surface area (TPSA) is 68.9 Å². The van der Waals surface area contributed by atoms with Crippen LogP contribution in [-0.2, 0) is 0 Å². The maximum absolute atomic E-state index is 2.33. The highest BCUT2D eigenvalue weighted by Gasteiger charge is 2.19. The van der Waals surface area contributed by atoms with Crippen LogP contribution in [0.5, 0.6) is 0 Å². The van der Waals surface area contributed by atoms with Gasteiger partial charge < -0.3 is 20.8 Å². The average Bonchev–Trinajstić information content (AvgIpc) is 2.41. The van der Waals surface area contributed by atoms with Crippen molar-refractivity contribution < 1.29 is 20.8 Å². The molecule has 19 heavy (non-hydrogen) atoms. The number of hydrogen-bond acceptors (Lipinski definition) is 2. The van der Waals surface area contributed by atoms with Gasteiger partial charge in [-0.2, -0.15) is 0 Å². The Morgan fingerprint density at radius 1 is 0.737 bits per heavy atom. The quantitative estimate of drug-likeness (QED) is 0.766. The van der Waals surface area contributed by atoms with Crippen molar-refractivity contribution >= 4 is 0 Å². The molecule has 1 saturated carbocycles. The predicted octanol–water partition coefficient (Wildman–Crippen LogP) is 0.431. The van der Waals surface area contributed by atoms with Crippen molar-refractivity contribution in [1.82, 2.24) is 0 Å². The summed E-state index contributed by atoms with van der Waals surface area (Å²) in [7, 11) is 2.33. The fraction of sp³-hybridized carbons (Fsp3) is 1.00. The highest BCUT2D eigenvalue weighted by molar-refractivity contribution is 4.62. The normalized spacial score (nSPS) is 16.7. The van der Waals surface area contributed by atoms with Crippen molar-refractivity contribution in [2.24, 2.45) is 0 Å². The molecule has 4 heteroatoms. The first-order valence-electron chi connectivity index (χ1n) is 7.85. The van der Waals surface area contributed by atoms with E-state index in [9.17, 15) is 0 Å². The Hall–Kier alpha value is -0.160. The van der Waals surface area contributed by atoms with Crippen molar-refractivity contribution in [3.8, 4) is 0 Å². The van der Waals surface area contributed by atoms with Crippen LogP contribution in [0.15, 0.2) is 0 Å². The third-order valence-electron chi connectivity index (χ3n) is 4.36. The molecule has 0 radical (unpaired) electrons. The second kappa shape index (κ2) is 15.9. The van der Waals surface area contributed by atoms with Crippen LogP contribution in [0.2, 0.25) is 0 Å². The summed E-state index contributed by atoms with van der Waals surface area (Å²) in [6.45, 7) is 14.1. The summed E-state index contributed by atoms with van der Waals surface area (Å²) in [6, 6.07) is 0.985. The number of nitrogens with one attached hydrogen (secondary N) is 2. The Morgan fingerprint density at radius 3 is 1.42 bits per heavy atom. The third-order valence-corrected chi connectivity index (χ3v) is 4.36. The van der Waals surface area contributed by atoms with Gasteiger partial charge in [-0.05, 0) is 53.4 Å². The smallest absolute Gasteiger partial charge is 0.0872 e. The minimum atomic E-state index is 0. The van der Waals surface area contributed by atoms with Crippen LogP contribution in [0.25, 0.3) is 0 Å².